The maximum Gasteiger partial charge on any atom is 0.00161 e. The van der Waals surface area contributed by atoms with Gasteiger partial charge in [-0.05, 0) is 64.7 Å². The highest BCUT2D eigenvalue weighted by Crippen LogP contribution is 2.11. The lowest BCUT2D eigenvalue weighted by Crippen LogP contribution is -2.12. The molecule has 3 fully saturated rings. The van der Waals surface area contributed by atoms with Crippen LogP contribution in [0.25, 0.3) is 0 Å². The van der Waals surface area contributed by atoms with Crippen molar-refractivity contribution in [3.05, 3.63) is 0 Å². The lowest BCUT2D eigenvalue weighted by Gasteiger charge is -2.10. The lowest BCUT2D eigenvalue weighted by atomic mass is 10.2. The molecule has 0 bridgehead atoms. The van der Waals surface area contributed by atoms with Gasteiger partial charge in [-0.1, -0.05) is 47.9 Å². The van der Waals surface area contributed by atoms with Crippen molar-refractivity contribution < 1.29 is 0 Å². The summed E-state index contributed by atoms with van der Waals surface area (Å²) >= 11 is 0. The summed E-state index contributed by atoms with van der Waals surface area (Å²) in [5.74, 6) is 0. The minimum absolute atomic E-state index is 1.25. The average molecular weight is 330 g/mol. The molecule has 3 heterocycles. The summed E-state index contributed by atoms with van der Waals surface area (Å²) in [4.78, 5) is 0. The normalized spacial score (nSPS) is 24.4. The molecule has 3 aliphatic heterocycles. The van der Waals surface area contributed by atoms with Crippen LogP contribution in [0, 0.1) is 0 Å². The zero-order chi connectivity index (χ0) is 15.7. The zero-order valence-electron chi connectivity index (χ0n) is 14.8. The third kappa shape index (κ3) is 13.9. The van der Waals surface area contributed by atoms with E-state index < -0.39 is 0 Å². The van der Waals surface area contributed by atoms with Gasteiger partial charge in [-0.15, -0.1) is 0 Å². The van der Waals surface area contributed by atoms with E-state index in [0.717, 1.165) is 0 Å². The fourth-order valence-corrected chi connectivity index (χ4v) is 3.42. The maximum atomic E-state index is 3.35. The van der Waals surface area contributed by atoms with Crippen LogP contribution in [0.15, 0.2) is 0 Å². The van der Waals surface area contributed by atoms with Crippen LogP contribution in [-0.2, 0) is 0 Å². The largest absolute Gasteiger partial charge is 0.317 e. The van der Waals surface area contributed by atoms with E-state index in [4.69, 9.17) is 0 Å². The van der Waals surface area contributed by atoms with Crippen LogP contribution in [-0.4, -0.2) is 43.9 Å². The standard InChI is InChI=1S/C6H14NP.2C6H13N/c8-7-5-3-1-2-4-6-7;2*1-2-4-6-7-5-3-1/h1-6,8H2;2*7H,1-6H2. The Morgan fingerprint density at radius 2 is 0.773 bits per heavy atom. The Labute approximate surface area is 141 Å². The van der Waals surface area contributed by atoms with E-state index in [-0.39, 0.29) is 0 Å². The van der Waals surface area contributed by atoms with E-state index in [9.17, 15) is 0 Å². The maximum absolute atomic E-state index is 3.35. The first-order valence-electron chi connectivity index (χ1n) is 9.80. The highest BCUT2D eigenvalue weighted by molar-refractivity contribution is 7.13. The first-order chi connectivity index (χ1) is 10.9. The quantitative estimate of drug-likeness (QED) is 0.659. The monoisotopic (exact) mass is 329 g/mol. The third-order valence-electron chi connectivity index (χ3n) is 4.55. The number of hydrogen-bond donors (Lipinski definition) is 2. The van der Waals surface area contributed by atoms with Gasteiger partial charge in [-0.3, -0.25) is 4.67 Å². The number of hydrogen-bond acceptors (Lipinski definition) is 3. The predicted molar refractivity (Wildman–Crippen MR) is 102 cm³/mol. The highest BCUT2D eigenvalue weighted by atomic mass is 31.0. The van der Waals surface area contributed by atoms with Gasteiger partial charge >= 0.3 is 0 Å². The number of rotatable bonds is 0. The van der Waals surface area contributed by atoms with E-state index in [0.29, 0.717) is 0 Å². The lowest BCUT2D eigenvalue weighted by molar-refractivity contribution is 0.488. The SMILES string of the molecule is C1CCCNCC1.C1CCCNCC1.PN1CCCCCC1. The molecule has 0 aromatic heterocycles. The van der Waals surface area contributed by atoms with Gasteiger partial charge in [0.05, 0.1) is 0 Å². The minimum atomic E-state index is 1.25. The summed E-state index contributed by atoms with van der Waals surface area (Å²) in [7, 11) is 2.77. The molecule has 0 aromatic carbocycles. The number of nitrogens with zero attached hydrogens (tertiary/aromatic N) is 1. The van der Waals surface area contributed by atoms with Gasteiger partial charge in [0.2, 0.25) is 0 Å². The Hall–Kier alpha value is 0.310. The Kier molecular flexibility index (Phi) is 15.0. The highest BCUT2D eigenvalue weighted by Gasteiger charge is 2.01. The molecule has 0 amide bonds. The Balaban J connectivity index is 0.000000166. The molecule has 1 unspecified atom stereocenters. The first-order valence-corrected chi connectivity index (χ1v) is 10.3. The van der Waals surface area contributed by atoms with Gasteiger partial charge in [0.15, 0.2) is 0 Å². The van der Waals surface area contributed by atoms with Crippen molar-refractivity contribution in [2.45, 2.75) is 77.0 Å². The molecule has 4 heteroatoms. The van der Waals surface area contributed by atoms with E-state index >= 15 is 0 Å². The molecule has 22 heavy (non-hydrogen) atoms. The summed E-state index contributed by atoms with van der Waals surface area (Å²) in [6.45, 7) is 7.56. The number of nitrogens with one attached hydrogen (secondary N) is 2. The van der Waals surface area contributed by atoms with Crippen molar-refractivity contribution >= 4 is 9.39 Å². The van der Waals surface area contributed by atoms with Crippen molar-refractivity contribution in [3.8, 4) is 0 Å². The summed E-state index contributed by atoms with van der Waals surface area (Å²) in [5.41, 5.74) is 0. The molecule has 0 aromatic rings. The van der Waals surface area contributed by atoms with Gasteiger partial charge in [0.1, 0.15) is 0 Å². The first kappa shape index (κ1) is 20.4. The van der Waals surface area contributed by atoms with Crippen molar-refractivity contribution in [2.75, 3.05) is 39.3 Å². The van der Waals surface area contributed by atoms with Gasteiger partial charge in [-0.25, -0.2) is 0 Å². The fraction of sp³-hybridized carbons (Fsp3) is 1.00. The Morgan fingerprint density at radius 1 is 0.455 bits per heavy atom. The van der Waals surface area contributed by atoms with E-state index in [1.54, 1.807) is 0 Å². The van der Waals surface area contributed by atoms with Crippen LogP contribution >= 0.6 is 9.39 Å². The van der Waals surface area contributed by atoms with Gasteiger partial charge in [0.25, 0.3) is 0 Å². The molecule has 0 aliphatic carbocycles. The van der Waals surface area contributed by atoms with Crippen molar-refractivity contribution in [1.82, 2.24) is 15.3 Å². The van der Waals surface area contributed by atoms with Crippen LogP contribution in [0.4, 0.5) is 0 Å². The van der Waals surface area contributed by atoms with Crippen molar-refractivity contribution in [1.29, 1.82) is 0 Å². The van der Waals surface area contributed by atoms with E-state index in [1.807, 2.05) is 0 Å². The molecular formula is C18H40N3P. The molecule has 3 saturated heterocycles. The van der Waals surface area contributed by atoms with Crippen molar-refractivity contribution in [3.63, 3.8) is 0 Å². The average Bonchev–Trinajstić information content (AvgIpc) is 3.08. The Morgan fingerprint density at radius 3 is 1.14 bits per heavy atom. The fourth-order valence-electron chi connectivity index (χ4n) is 3.05. The molecule has 1 atom stereocenters. The molecule has 132 valence electrons. The molecule has 3 rings (SSSR count). The van der Waals surface area contributed by atoms with Crippen LogP contribution in [0.5, 0.6) is 0 Å². The van der Waals surface area contributed by atoms with Crippen molar-refractivity contribution in [2.24, 2.45) is 0 Å². The van der Waals surface area contributed by atoms with Crippen LogP contribution in [0.1, 0.15) is 77.0 Å². The molecule has 2 N–H and O–H groups in total. The van der Waals surface area contributed by atoms with Crippen LogP contribution in [0.3, 0.4) is 0 Å². The van der Waals surface area contributed by atoms with E-state index in [2.05, 4.69) is 24.7 Å². The van der Waals surface area contributed by atoms with Gasteiger partial charge < -0.3 is 10.6 Å². The second-order valence-electron chi connectivity index (χ2n) is 6.78. The summed E-state index contributed by atoms with van der Waals surface area (Å²) < 4.78 is 2.34. The summed E-state index contributed by atoms with van der Waals surface area (Å²) in [6, 6.07) is 0. The summed E-state index contributed by atoms with van der Waals surface area (Å²) in [6.07, 6.45) is 17.0. The smallest absolute Gasteiger partial charge is 0.00161 e. The van der Waals surface area contributed by atoms with Crippen LogP contribution < -0.4 is 10.6 Å². The minimum Gasteiger partial charge on any atom is -0.317 e. The topological polar surface area (TPSA) is 27.3 Å². The molecule has 0 saturated carbocycles. The van der Waals surface area contributed by atoms with Crippen LogP contribution in [0.2, 0.25) is 0 Å². The summed E-state index contributed by atoms with van der Waals surface area (Å²) in [5, 5.41) is 6.69. The molecule has 3 nitrogen and oxygen atoms in total. The van der Waals surface area contributed by atoms with Gasteiger partial charge in [-0.2, -0.15) is 0 Å². The second kappa shape index (κ2) is 16.2. The molecular weight excluding hydrogens is 289 g/mol. The Bertz CT molecular complexity index is 165. The zero-order valence-corrected chi connectivity index (χ0v) is 15.9. The molecule has 3 aliphatic rings. The second-order valence-corrected chi connectivity index (χ2v) is 7.51. The predicted octanol–water partition coefficient (Wildman–Crippen LogP) is 3.95. The van der Waals surface area contributed by atoms with Gasteiger partial charge in [0, 0.05) is 13.1 Å². The molecule has 0 radical (unpaired) electrons. The third-order valence-corrected chi connectivity index (χ3v) is 5.07. The van der Waals surface area contributed by atoms with E-state index in [1.165, 1.54) is 116 Å². The molecule has 0 spiro atoms.